The van der Waals surface area contributed by atoms with Crippen molar-refractivity contribution in [2.24, 2.45) is 0 Å². The first-order valence-electron chi connectivity index (χ1n) is 16.9. The lowest BCUT2D eigenvalue weighted by molar-refractivity contribution is 0.668. The van der Waals surface area contributed by atoms with Gasteiger partial charge in [0.15, 0.2) is 17.5 Å². The van der Waals surface area contributed by atoms with Crippen molar-refractivity contribution in [3.8, 4) is 39.9 Å². The Morgan fingerprint density at radius 1 is 0.412 bits per heavy atom. The molecule has 0 amide bonds. The zero-order chi connectivity index (χ0) is 33.5. The van der Waals surface area contributed by atoms with Gasteiger partial charge in [0.05, 0.1) is 22.0 Å². The van der Waals surface area contributed by atoms with Crippen LogP contribution in [-0.2, 0) is 0 Å². The summed E-state index contributed by atoms with van der Waals surface area (Å²) in [6.07, 6.45) is 0. The highest BCUT2D eigenvalue weighted by Crippen LogP contribution is 2.42. The molecule has 4 aromatic heterocycles. The van der Waals surface area contributed by atoms with E-state index < -0.39 is 0 Å². The summed E-state index contributed by atoms with van der Waals surface area (Å²) in [6.45, 7) is 0. The van der Waals surface area contributed by atoms with Gasteiger partial charge in [-0.05, 0) is 48.5 Å². The fourth-order valence-electron chi connectivity index (χ4n) is 7.56. The summed E-state index contributed by atoms with van der Waals surface area (Å²) in [5.74, 6) is 1.78. The standard InChI is InChI=1S/C45H26N4O2/c1-3-12-27(13-4-1)43-46-44(28-14-5-2-6-15-28)48-45(47-43)34-19-11-18-32-35-26-29(22-24-38(35)51-42(32)34)49-36-20-9-7-16-30(36)31-23-25-39-40(41(31)49)33-17-8-10-21-37(33)50-39/h1-26H. The van der Waals surface area contributed by atoms with Crippen LogP contribution in [0.15, 0.2) is 167 Å². The van der Waals surface area contributed by atoms with Crippen molar-refractivity contribution in [2.45, 2.75) is 0 Å². The molecule has 238 valence electrons. The van der Waals surface area contributed by atoms with E-state index in [0.29, 0.717) is 17.5 Å². The van der Waals surface area contributed by atoms with Crippen LogP contribution in [0.25, 0.3) is 106 Å². The van der Waals surface area contributed by atoms with E-state index in [1.54, 1.807) is 0 Å². The van der Waals surface area contributed by atoms with E-state index in [4.69, 9.17) is 23.8 Å². The molecule has 7 aromatic carbocycles. The average molecular weight is 655 g/mol. The Bertz CT molecular complexity index is 3080. The molecule has 4 heterocycles. The van der Waals surface area contributed by atoms with Crippen molar-refractivity contribution in [1.82, 2.24) is 19.5 Å². The van der Waals surface area contributed by atoms with Crippen LogP contribution in [0.4, 0.5) is 0 Å². The average Bonchev–Trinajstić information content (AvgIpc) is 3.87. The van der Waals surface area contributed by atoms with E-state index in [9.17, 15) is 0 Å². The molecule has 0 saturated carbocycles. The monoisotopic (exact) mass is 654 g/mol. The van der Waals surface area contributed by atoms with Crippen molar-refractivity contribution in [3.63, 3.8) is 0 Å². The first kappa shape index (κ1) is 27.9. The minimum atomic E-state index is 0.559. The first-order chi connectivity index (χ1) is 25.3. The van der Waals surface area contributed by atoms with Crippen LogP contribution >= 0.6 is 0 Å². The van der Waals surface area contributed by atoms with Crippen LogP contribution < -0.4 is 0 Å². The maximum Gasteiger partial charge on any atom is 0.167 e. The van der Waals surface area contributed by atoms with Crippen molar-refractivity contribution in [3.05, 3.63) is 158 Å². The summed E-state index contributed by atoms with van der Waals surface area (Å²) in [4.78, 5) is 14.9. The third kappa shape index (κ3) is 4.20. The van der Waals surface area contributed by atoms with Gasteiger partial charge in [-0.3, -0.25) is 0 Å². The summed E-state index contributed by atoms with van der Waals surface area (Å²) in [5, 5.41) is 6.59. The summed E-state index contributed by atoms with van der Waals surface area (Å²) < 4.78 is 15.4. The van der Waals surface area contributed by atoms with Crippen molar-refractivity contribution < 1.29 is 8.83 Å². The van der Waals surface area contributed by atoms with E-state index in [0.717, 1.165) is 77.3 Å². The molecule has 0 spiro atoms. The minimum Gasteiger partial charge on any atom is -0.456 e. The Morgan fingerprint density at radius 3 is 1.82 bits per heavy atom. The van der Waals surface area contributed by atoms with Gasteiger partial charge in [-0.15, -0.1) is 0 Å². The highest BCUT2D eigenvalue weighted by molar-refractivity contribution is 6.24. The van der Waals surface area contributed by atoms with E-state index in [-0.39, 0.29) is 0 Å². The molecule has 6 nitrogen and oxygen atoms in total. The SMILES string of the molecule is c1ccc(-c2nc(-c3ccccc3)nc(-c3cccc4c3oc3ccc(-n5c6ccccc6c6ccc7oc8ccccc8c7c65)cc34)n2)cc1. The number of hydrogen-bond donors (Lipinski definition) is 0. The quantitative estimate of drug-likeness (QED) is 0.189. The number of fused-ring (bicyclic) bond motifs is 10. The topological polar surface area (TPSA) is 69.9 Å². The summed E-state index contributed by atoms with van der Waals surface area (Å²) in [7, 11) is 0. The molecule has 0 aliphatic heterocycles. The molecule has 0 bridgehead atoms. The molecule has 51 heavy (non-hydrogen) atoms. The molecule has 11 aromatic rings. The predicted molar refractivity (Wildman–Crippen MR) is 205 cm³/mol. The van der Waals surface area contributed by atoms with Gasteiger partial charge >= 0.3 is 0 Å². The molecule has 0 radical (unpaired) electrons. The lowest BCUT2D eigenvalue weighted by Gasteiger charge is -2.09. The van der Waals surface area contributed by atoms with Crippen molar-refractivity contribution in [2.75, 3.05) is 0 Å². The molecule has 0 unspecified atom stereocenters. The van der Waals surface area contributed by atoms with Gasteiger partial charge in [-0.1, -0.05) is 109 Å². The largest absolute Gasteiger partial charge is 0.456 e. The fourth-order valence-corrected chi connectivity index (χ4v) is 7.56. The molecule has 6 heteroatoms. The molecule has 0 atom stereocenters. The summed E-state index contributed by atoms with van der Waals surface area (Å²) in [6, 6.07) is 53.8. The van der Waals surface area contributed by atoms with Gasteiger partial charge in [0.2, 0.25) is 0 Å². The normalized spacial score (nSPS) is 11.9. The number of rotatable bonds is 4. The van der Waals surface area contributed by atoms with Crippen LogP contribution in [0.1, 0.15) is 0 Å². The van der Waals surface area contributed by atoms with E-state index in [1.165, 1.54) is 10.8 Å². The van der Waals surface area contributed by atoms with Gasteiger partial charge in [0, 0.05) is 43.7 Å². The number of furan rings is 2. The number of para-hydroxylation sites is 3. The van der Waals surface area contributed by atoms with Crippen LogP contribution in [0.2, 0.25) is 0 Å². The number of nitrogens with zero attached hydrogens (tertiary/aromatic N) is 4. The number of hydrogen-bond acceptors (Lipinski definition) is 5. The van der Waals surface area contributed by atoms with Gasteiger partial charge in [0.1, 0.15) is 22.3 Å². The zero-order valence-corrected chi connectivity index (χ0v) is 27.1. The van der Waals surface area contributed by atoms with Gasteiger partial charge < -0.3 is 13.4 Å². The zero-order valence-electron chi connectivity index (χ0n) is 27.1. The fraction of sp³-hybridized carbons (Fsp3) is 0. The third-order valence-corrected chi connectivity index (χ3v) is 9.85. The van der Waals surface area contributed by atoms with Gasteiger partial charge in [-0.2, -0.15) is 0 Å². The summed E-state index contributed by atoms with van der Waals surface area (Å²) >= 11 is 0. The van der Waals surface area contributed by atoms with E-state index in [2.05, 4.69) is 83.4 Å². The van der Waals surface area contributed by atoms with Crippen LogP contribution in [0.5, 0.6) is 0 Å². The van der Waals surface area contributed by atoms with E-state index >= 15 is 0 Å². The van der Waals surface area contributed by atoms with Crippen molar-refractivity contribution in [1.29, 1.82) is 0 Å². The van der Waals surface area contributed by atoms with Gasteiger partial charge in [-0.25, -0.2) is 15.0 Å². The Hall–Kier alpha value is -7.05. The molecule has 0 aliphatic rings. The smallest absolute Gasteiger partial charge is 0.167 e. The Kier molecular flexibility index (Phi) is 5.86. The van der Waals surface area contributed by atoms with Crippen LogP contribution in [0, 0.1) is 0 Å². The van der Waals surface area contributed by atoms with Crippen LogP contribution in [0.3, 0.4) is 0 Å². The molecular weight excluding hydrogens is 629 g/mol. The molecule has 0 fully saturated rings. The van der Waals surface area contributed by atoms with E-state index in [1.807, 2.05) is 78.9 Å². The summed E-state index contributed by atoms with van der Waals surface area (Å²) in [5.41, 5.74) is 9.22. The second kappa shape index (κ2) is 10.7. The second-order valence-electron chi connectivity index (χ2n) is 12.8. The maximum absolute atomic E-state index is 6.67. The molecule has 0 N–H and O–H groups in total. The Labute approximate surface area is 290 Å². The highest BCUT2D eigenvalue weighted by Gasteiger charge is 2.21. The maximum atomic E-state index is 6.67. The highest BCUT2D eigenvalue weighted by atomic mass is 16.3. The second-order valence-corrected chi connectivity index (χ2v) is 12.8. The molecule has 11 rings (SSSR count). The van der Waals surface area contributed by atoms with Gasteiger partial charge in [0.25, 0.3) is 0 Å². The number of benzene rings is 7. The van der Waals surface area contributed by atoms with Crippen molar-refractivity contribution >= 4 is 65.7 Å². The Morgan fingerprint density at radius 2 is 1.04 bits per heavy atom. The third-order valence-electron chi connectivity index (χ3n) is 9.85. The number of aromatic nitrogens is 4. The minimum absolute atomic E-state index is 0.559. The lowest BCUT2D eigenvalue weighted by atomic mass is 10.1. The van der Waals surface area contributed by atoms with Crippen LogP contribution in [-0.4, -0.2) is 19.5 Å². The Balaban J connectivity index is 1.15. The molecular formula is C45H26N4O2. The molecule has 0 saturated heterocycles. The predicted octanol–water partition coefficient (Wildman–Crippen LogP) is 11.8. The molecule has 0 aliphatic carbocycles. The lowest BCUT2D eigenvalue weighted by Crippen LogP contribution is -2.00. The first-order valence-corrected chi connectivity index (χ1v) is 16.9.